The number of hydrogen-bond acceptors (Lipinski definition) is 5. The fourth-order valence-electron chi connectivity index (χ4n) is 4.53. The van der Waals surface area contributed by atoms with Crippen LogP contribution in [0.2, 0.25) is 5.02 Å². The summed E-state index contributed by atoms with van der Waals surface area (Å²) in [5.41, 5.74) is 7.48. The van der Waals surface area contributed by atoms with Crippen LogP contribution in [0.5, 0.6) is 5.75 Å². The Hall–Kier alpha value is -3.38. The molecule has 2 aromatic carbocycles. The molecule has 0 fully saturated rings. The van der Waals surface area contributed by atoms with E-state index in [2.05, 4.69) is 43.5 Å². The number of nitrogens with zero attached hydrogens (tertiary/aromatic N) is 3. The molecule has 2 heterocycles. The quantitative estimate of drug-likeness (QED) is 0.239. The zero-order valence-corrected chi connectivity index (χ0v) is 22.3. The van der Waals surface area contributed by atoms with Gasteiger partial charge in [0, 0.05) is 22.7 Å². The number of aryl methyl sites for hydroxylation is 4. The van der Waals surface area contributed by atoms with Crippen LogP contribution in [0, 0.1) is 13.8 Å². The number of aromatic nitrogens is 3. The second-order valence-electron chi connectivity index (χ2n) is 8.99. The zero-order chi connectivity index (χ0) is 25.8. The number of hydrogen-bond donors (Lipinski definition) is 0. The number of rotatable bonds is 9. The Balaban J connectivity index is 1.63. The first-order valence-electron chi connectivity index (χ1n) is 12.3. The van der Waals surface area contributed by atoms with E-state index in [1.165, 1.54) is 12.7 Å². The number of carbonyl (C=O) groups excluding carboxylic acids is 1. The van der Waals surface area contributed by atoms with Crippen molar-refractivity contribution in [2.75, 3.05) is 7.11 Å². The van der Waals surface area contributed by atoms with E-state index in [0.29, 0.717) is 17.1 Å². The summed E-state index contributed by atoms with van der Waals surface area (Å²) < 4.78 is 13.3. The minimum Gasteiger partial charge on any atom is -0.489 e. The van der Waals surface area contributed by atoms with Crippen LogP contribution < -0.4 is 4.74 Å². The Bertz CT molecular complexity index is 1410. The minimum absolute atomic E-state index is 0.242. The van der Waals surface area contributed by atoms with Gasteiger partial charge in [-0.25, -0.2) is 14.8 Å². The number of methoxy groups -OCH3 is 1. The lowest BCUT2D eigenvalue weighted by Crippen LogP contribution is -2.09. The summed E-state index contributed by atoms with van der Waals surface area (Å²) in [6.45, 7) is 9.32. The Morgan fingerprint density at radius 3 is 2.56 bits per heavy atom. The molecule has 0 spiro atoms. The standard InChI is InChI=1S/C29H32ClN3O3/c1-6-8-21-14-20(16-33-26(7-2)32-27-18(3)13-19(4)31-28(27)33)9-12-25(21)36-17-22-10-11-23(30)15-24(22)29(34)35-5/h9-15H,6-8,16-17H2,1-5H3. The van der Waals surface area contributed by atoms with Crippen molar-refractivity contribution in [3.05, 3.63) is 86.8 Å². The van der Waals surface area contributed by atoms with Crippen molar-refractivity contribution in [2.24, 2.45) is 0 Å². The normalized spacial score (nSPS) is 11.2. The van der Waals surface area contributed by atoms with Crippen molar-refractivity contribution < 1.29 is 14.3 Å². The van der Waals surface area contributed by atoms with Crippen molar-refractivity contribution in [1.82, 2.24) is 14.5 Å². The van der Waals surface area contributed by atoms with Crippen molar-refractivity contribution in [2.45, 2.75) is 60.1 Å². The van der Waals surface area contributed by atoms with Crippen molar-refractivity contribution >= 4 is 28.7 Å². The van der Waals surface area contributed by atoms with E-state index in [9.17, 15) is 4.79 Å². The smallest absolute Gasteiger partial charge is 0.338 e. The third-order valence-electron chi connectivity index (χ3n) is 6.26. The molecule has 0 saturated carbocycles. The van der Waals surface area contributed by atoms with Gasteiger partial charge < -0.3 is 14.0 Å². The zero-order valence-electron chi connectivity index (χ0n) is 21.5. The summed E-state index contributed by atoms with van der Waals surface area (Å²) >= 11 is 6.09. The van der Waals surface area contributed by atoms with Crippen LogP contribution in [0.25, 0.3) is 11.2 Å². The average molecular weight is 506 g/mol. The predicted octanol–water partition coefficient (Wildman–Crippen LogP) is 6.63. The number of carbonyl (C=O) groups is 1. The molecule has 0 bridgehead atoms. The second-order valence-corrected chi connectivity index (χ2v) is 9.43. The lowest BCUT2D eigenvalue weighted by Gasteiger charge is -2.15. The van der Waals surface area contributed by atoms with Gasteiger partial charge in [-0.05, 0) is 61.2 Å². The monoisotopic (exact) mass is 505 g/mol. The fraction of sp³-hybridized carbons (Fsp3) is 0.345. The van der Waals surface area contributed by atoms with Gasteiger partial charge in [-0.15, -0.1) is 0 Å². The molecule has 6 nitrogen and oxygen atoms in total. The number of imidazole rings is 1. The van der Waals surface area contributed by atoms with Crippen LogP contribution in [-0.4, -0.2) is 27.6 Å². The van der Waals surface area contributed by atoms with Gasteiger partial charge in [0.25, 0.3) is 0 Å². The molecule has 0 aliphatic carbocycles. The summed E-state index contributed by atoms with van der Waals surface area (Å²) in [6.07, 6.45) is 2.71. The highest BCUT2D eigenvalue weighted by atomic mass is 35.5. The third-order valence-corrected chi connectivity index (χ3v) is 6.50. The number of pyridine rings is 1. The van der Waals surface area contributed by atoms with Crippen LogP contribution >= 0.6 is 11.6 Å². The van der Waals surface area contributed by atoms with Gasteiger partial charge >= 0.3 is 5.97 Å². The molecule has 0 N–H and O–H groups in total. The van der Waals surface area contributed by atoms with Gasteiger partial charge in [0.15, 0.2) is 5.65 Å². The van der Waals surface area contributed by atoms with Crippen molar-refractivity contribution in [3.63, 3.8) is 0 Å². The van der Waals surface area contributed by atoms with Gasteiger partial charge in [-0.2, -0.15) is 0 Å². The maximum atomic E-state index is 12.2. The summed E-state index contributed by atoms with van der Waals surface area (Å²) in [7, 11) is 1.36. The Labute approximate surface area is 217 Å². The molecule has 0 aliphatic rings. The van der Waals surface area contributed by atoms with E-state index in [4.69, 9.17) is 31.0 Å². The van der Waals surface area contributed by atoms with Gasteiger partial charge in [0.1, 0.15) is 23.7 Å². The topological polar surface area (TPSA) is 66.2 Å². The van der Waals surface area contributed by atoms with Crippen LogP contribution in [0.3, 0.4) is 0 Å². The molecule has 36 heavy (non-hydrogen) atoms. The first kappa shape index (κ1) is 25.7. The van der Waals surface area contributed by atoms with Gasteiger partial charge in [-0.1, -0.05) is 50.1 Å². The molecule has 0 amide bonds. The Morgan fingerprint density at radius 2 is 1.83 bits per heavy atom. The predicted molar refractivity (Wildman–Crippen MR) is 143 cm³/mol. The molecule has 4 rings (SSSR count). The average Bonchev–Trinajstić information content (AvgIpc) is 3.21. The summed E-state index contributed by atoms with van der Waals surface area (Å²) in [6, 6.07) is 13.6. The lowest BCUT2D eigenvalue weighted by atomic mass is 10.0. The van der Waals surface area contributed by atoms with Crippen molar-refractivity contribution in [3.8, 4) is 5.75 Å². The molecule has 0 unspecified atom stereocenters. The number of benzene rings is 2. The Kier molecular flexibility index (Phi) is 7.94. The highest BCUT2D eigenvalue weighted by molar-refractivity contribution is 6.31. The number of ether oxygens (including phenoxy) is 2. The fourth-order valence-corrected chi connectivity index (χ4v) is 4.71. The van der Waals surface area contributed by atoms with Crippen LogP contribution in [-0.2, 0) is 30.7 Å². The SMILES string of the molecule is CCCc1cc(Cn2c(CC)nc3c(C)cc(C)nc32)ccc1OCc1ccc(Cl)cc1C(=O)OC. The summed E-state index contributed by atoms with van der Waals surface area (Å²) in [5, 5.41) is 0.480. The maximum absolute atomic E-state index is 12.2. The third kappa shape index (κ3) is 5.39. The van der Waals surface area contributed by atoms with Gasteiger partial charge in [0.05, 0.1) is 19.2 Å². The largest absolute Gasteiger partial charge is 0.489 e. The lowest BCUT2D eigenvalue weighted by molar-refractivity contribution is 0.0597. The van der Waals surface area contributed by atoms with Crippen molar-refractivity contribution in [1.29, 1.82) is 0 Å². The molecule has 4 aromatic rings. The molecule has 7 heteroatoms. The van der Waals surface area contributed by atoms with Gasteiger partial charge in [-0.3, -0.25) is 0 Å². The van der Waals surface area contributed by atoms with E-state index in [-0.39, 0.29) is 6.61 Å². The first-order valence-corrected chi connectivity index (χ1v) is 12.7. The van der Waals surface area contributed by atoms with Crippen LogP contribution in [0.4, 0.5) is 0 Å². The highest BCUT2D eigenvalue weighted by Crippen LogP contribution is 2.27. The van der Waals surface area contributed by atoms with E-state index in [1.807, 2.05) is 13.0 Å². The first-order chi connectivity index (χ1) is 17.3. The molecule has 2 aromatic heterocycles. The molecule has 0 atom stereocenters. The summed E-state index contributed by atoms with van der Waals surface area (Å²) in [4.78, 5) is 21.9. The van der Waals surface area contributed by atoms with Gasteiger partial charge in [0.2, 0.25) is 0 Å². The highest BCUT2D eigenvalue weighted by Gasteiger charge is 2.16. The number of esters is 1. The van der Waals surface area contributed by atoms with E-state index < -0.39 is 5.97 Å². The maximum Gasteiger partial charge on any atom is 0.338 e. The molecule has 0 radical (unpaired) electrons. The molecule has 188 valence electrons. The molecular weight excluding hydrogens is 474 g/mol. The van der Waals surface area contributed by atoms with E-state index >= 15 is 0 Å². The number of fused-ring (bicyclic) bond motifs is 1. The summed E-state index contributed by atoms with van der Waals surface area (Å²) in [5.74, 6) is 1.41. The van der Waals surface area contributed by atoms with E-state index in [0.717, 1.165) is 64.4 Å². The molecular formula is C29H32ClN3O3. The molecule has 0 aliphatic heterocycles. The second kappa shape index (κ2) is 11.1. The van der Waals surface area contributed by atoms with Crippen LogP contribution in [0.1, 0.15) is 64.4 Å². The molecule has 0 saturated heterocycles. The van der Waals surface area contributed by atoms with Crippen LogP contribution in [0.15, 0.2) is 42.5 Å². The Morgan fingerprint density at radius 1 is 1.03 bits per heavy atom. The number of halogens is 1. The minimum atomic E-state index is -0.432. The van der Waals surface area contributed by atoms with E-state index in [1.54, 1.807) is 18.2 Å².